The molecule has 0 spiro atoms. The van der Waals surface area contributed by atoms with E-state index in [0.717, 1.165) is 18.9 Å². The lowest BCUT2D eigenvalue weighted by Gasteiger charge is -2.33. The van der Waals surface area contributed by atoms with Crippen molar-refractivity contribution in [3.8, 4) is 0 Å². The third-order valence-corrected chi connectivity index (χ3v) is 4.09. The van der Waals surface area contributed by atoms with Crippen molar-refractivity contribution in [2.75, 3.05) is 13.1 Å². The number of carbonyl (C=O) groups excluding carboxylic acids is 1. The highest BCUT2D eigenvalue weighted by Crippen LogP contribution is 2.30. The summed E-state index contributed by atoms with van der Waals surface area (Å²) in [5, 5.41) is 0. The average molecular weight is 392 g/mol. The van der Waals surface area contributed by atoms with Gasteiger partial charge in [0.1, 0.15) is 11.3 Å². The van der Waals surface area contributed by atoms with Gasteiger partial charge in [0.2, 0.25) is 0 Å². The molecule has 148 valence electrons. The maximum absolute atomic E-state index is 12.9. The summed E-state index contributed by atoms with van der Waals surface area (Å²) < 4.78 is 44.0. The number of carbonyl (C=O) groups is 1. The van der Waals surface area contributed by atoms with E-state index < -0.39 is 17.5 Å². The largest absolute Gasteiger partial charge is 0.444 e. The second-order valence-electron chi connectivity index (χ2n) is 7.61. The number of nitrogens with zero attached hydrogens (tertiary/aromatic N) is 2. The highest BCUT2D eigenvalue weighted by atomic mass is 32.1. The molecule has 0 unspecified atom stereocenters. The molecule has 1 aliphatic rings. The Balaban J connectivity index is 0.00000338. The standard InChI is InChI=1S/C18H25F3N2O2.H2S/c1-12-9-14(11-15(22-12)18(19,20)21)10-13-5-7-23(8-6-13)16(24)25-17(2,3)4;/h9,11,13H,5-8,10H2,1-4H3;1H2. The predicted octanol–water partition coefficient (Wildman–Crippen LogP) is 4.71. The van der Waals surface area contributed by atoms with Gasteiger partial charge in [-0.05, 0) is 70.6 Å². The molecule has 1 saturated heterocycles. The van der Waals surface area contributed by atoms with Crippen molar-refractivity contribution < 1.29 is 22.7 Å². The van der Waals surface area contributed by atoms with Crippen molar-refractivity contribution in [3.63, 3.8) is 0 Å². The van der Waals surface area contributed by atoms with Gasteiger partial charge in [-0.2, -0.15) is 26.7 Å². The molecule has 2 rings (SSSR count). The summed E-state index contributed by atoms with van der Waals surface area (Å²) in [6.45, 7) is 8.17. The van der Waals surface area contributed by atoms with Gasteiger partial charge < -0.3 is 9.64 Å². The van der Waals surface area contributed by atoms with Crippen molar-refractivity contribution in [3.05, 3.63) is 29.1 Å². The minimum atomic E-state index is -4.43. The number of aryl methyl sites for hydroxylation is 1. The fourth-order valence-corrected chi connectivity index (χ4v) is 2.98. The van der Waals surface area contributed by atoms with Crippen molar-refractivity contribution in [2.45, 2.75) is 58.7 Å². The van der Waals surface area contributed by atoms with Gasteiger partial charge in [0.25, 0.3) is 0 Å². The van der Waals surface area contributed by atoms with Crippen LogP contribution in [0.1, 0.15) is 50.6 Å². The van der Waals surface area contributed by atoms with Crippen molar-refractivity contribution >= 4 is 19.6 Å². The number of amides is 1. The maximum atomic E-state index is 12.9. The molecule has 4 nitrogen and oxygen atoms in total. The van der Waals surface area contributed by atoms with Crippen LogP contribution < -0.4 is 0 Å². The van der Waals surface area contributed by atoms with Crippen LogP contribution in [0, 0.1) is 12.8 Å². The first-order chi connectivity index (χ1) is 11.4. The van der Waals surface area contributed by atoms with Crippen LogP contribution in [0.25, 0.3) is 0 Å². The number of halogens is 3. The Hall–Kier alpha value is -1.44. The molecule has 1 amide bonds. The van der Waals surface area contributed by atoms with E-state index in [9.17, 15) is 18.0 Å². The second kappa shape index (κ2) is 8.50. The van der Waals surface area contributed by atoms with E-state index in [0.29, 0.717) is 30.8 Å². The predicted molar refractivity (Wildman–Crippen MR) is 98.6 cm³/mol. The molecule has 0 bridgehead atoms. The van der Waals surface area contributed by atoms with Crippen molar-refractivity contribution in [1.82, 2.24) is 9.88 Å². The number of pyridine rings is 1. The van der Waals surface area contributed by atoms with Gasteiger partial charge in [-0.3, -0.25) is 0 Å². The van der Waals surface area contributed by atoms with Crippen molar-refractivity contribution in [1.29, 1.82) is 0 Å². The van der Waals surface area contributed by atoms with Crippen LogP contribution in [-0.2, 0) is 17.3 Å². The van der Waals surface area contributed by atoms with Crippen LogP contribution in [0.2, 0.25) is 0 Å². The summed E-state index contributed by atoms with van der Waals surface area (Å²) in [6.07, 6.45) is -2.69. The molecule has 2 heterocycles. The number of ether oxygens (including phenoxy) is 1. The van der Waals surface area contributed by atoms with Gasteiger partial charge in [0.15, 0.2) is 0 Å². The number of hydrogen-bond acceptors (Lipinski definition) is 3. The Bertz CT molecular complexity index is 622. The second-order valence-corrected chi connectivity index (χ2v) is 7.61. The van der Waals surface area contributed by atoms with Crippen LogP contribution in [0.5, 0.6) is 0 Å². The summed E-state index contributed by atoms with van der Waals surface area (Å²) in [4.78, 5) is 17.3. The first-order valence-electron chi connectivity index (χ1n) is 8.47. The minimum Gasteiger partial charge on any atom is -0.444 e. The number of piperidine rings is 1. The molecule has 8 heteroatoms. The van der Waals surface area contributed by atoms with E-state index in [1.54, 1.807) is 17.9 Å². The Morgan fingerprint density at radius 2 is 1.81 bits per heavy atom. The highest BCUT2D eigenvalue weighted by Gasteiger charge is 2.33. The molecule has 26 heavy (non-hydrogen) atoms. The number of aromatic nitrogens is 1. The van der Waals surface area contributed by atoms with Crippen LogP contribution >= 0.6 is 13.5 Å². The van der Waals surface area contributed by atoms with E-state index in [2.05, 4.69) is 4.98 Å². The molecule has 0 aliphatic carbocycles. The first kappa shape index (κ1) is 22.6. The summed E-state index contributed by atoms with van der Waals surface area (Å²) >= 11 is 0. The summed E-state index contributed by atoms with van der Waals surface area (Å²) in [5.41, 5.74) is -0.350. The Morgan fingerprint density at radius 3 is 2.31 bits per heavy atom. The summed E-state index contributed by atoms with van der Waals surface area (Å²) in [5.74, 6) is 0.251. The molecule has 0 radical (unpaired) electrons. The number of likely N-dealkylation sites (tertiary alicyclic amines) is 1. The lowest BCUT2D eigenvalue weighted by Crippen LogP contribution is -2.42. The van der Waals surface area contributed by atoms with Crippen LogP contribution in [0.15, 0.2) is 12.1 Å². The van der Waals surface area contributed by atoms with Gasteiger partial charge >= 0.3 is 12.3 Å². The molecule has 1 aliphatic heterocycles. The van der Waals surface area contributed by atoms with Gasteiger partial charge in [-0.25, -0.2) is 9.78 Å². The molecule has 0 saturated carbocycles. The Morgan fingerprint density at radius 1 is 1.23 bits per heavy atom. The zero-order valence-corrected chi connectivity index (χ0v) is 16.6. The van der Waals surface area contributed by atoms with Crippen molar-refractivity contribution in [2.24, 2.45) is 5.92 Å². The number of alkyl halides is 3. The van der Waals surface area contributed by atoms with Crippen LogP contribution in [-0.4, -0.2) is 34.7 Å². The fourth-order valence-electron chi connectivity index (χ4n) is 2.98. The van der Waals surface area contributed by atoms with E-state index >= 15 is 0 Å². The lowest BCUT2D eigenvalue weighted by molar-refractivity contribution is -0.141. The van der Waals surface area contributed by atoms with Crippen LogP contribution in [0.3, 0.4) is 0 Å². The Labute approximate surface area is 159 Å². The first-order valence-corrected chi connectivity index (χ1v) is 8.47. The van der Waals surface area contributed by atoms with E-state index in [4.69, 9.17) is 4.74 Å². The summed E-state index contributed by atoms with van der Waals surface area (Å²) in [7, 11) is 0. The Kier molecular flexibility index (Phi) is 7.39. The molecular weight excluding hydrogens is 365 g/mol. The molecule has 0 aromatic carbocycles. The highest BCUT2D eigenvalue weighted by molar-refractivity contribution is 7.59. The average Bonchev–Trinajstić information content (AvgIpc) is 2.44. The van der Waals surface area contributed by atoms with Gasteiger partial charge in [0, 0.05) is 18.8 Å². The smallest absolute Gasteiger partial charge is 0.433 e. The monoisotopic (exact) mass is 392 g/mol. The van der Waals surface area contributed by atoms with Gasteiger partial charge in [-0.15, -0.1) is 0 Å². The van der Waals surface area contributed by atoms with Gasteiger partial charge in [-0.1, -0.05) is 0 Å². The van der Waals surface area contributed by atoms with E-state index in [-0.39, 0.29) is 25.5 Å². The number of rotatable bonds is 2. The number of hydrogen-bond donors (Lipinski definition) is 0. The third kappa shape index (κ3) is 6.70. The zero-order valence-electron chi connectivity index (χ0n) is 15.6. The fraction of sp³-hybridized carbons (Fsp3) is 0.667. The topological polar surface area (TPSA) is 42.4 Å². The SMILES string of the molecule is Cc1cc(CC2CCN(C(=O)OC(C)(C)C)CC2)cc(C(F)(F)F)n1.S. The molecule has 0 N–H and O–H groups in total. The molecule has 1 aromatic rings. The van der Waals surface area contributed by atoms with E-state index in [1.165, 1.54) is 0 Å². The normalized spacial score (nSPS) is 16.2. The van der Waals surface area contributed by atoms with E-state index in [1.807, 2.05) is 20.8 Å². The quantitative estimate of drug-likeness (QED) is 0.732. The molecule has 1 fully saturated rings. The maximum Gasteiger partial charge on any atom is 0.433 e. The third-order valence-electron chi connectivity index (χ3n) is 4.09. The molecule has 1 aromatic heterocycles. The molecule has 0 atom stereocenters. The lowest BCUT2D eigenvalue weighted by atomic mass is 9.90. The summed E-state index contributed by atoms with van der Waals surface area (Å²) in [6, 6.07) is 2.84. The molecular formula is C18H27F3N2O2S. The minimum absolute atomic E-state index is 0. The van der Waals surface area contributed by atoms with Crippen LogP contribution in [0.4, 0.5) is 18.0 Å². The zero-order chi connectivity index (χ0) is 18.8. The van der Waals surface area contributed by atoms with Gasteiger partial charge in [0.05, 0.1) is 0 Å².